The summed E-state index contributed by atoms with van der Waals surface area (Å²) in [6, 6.07) is 12.1. The van der Waals surface area contributed by atoms with E-state index in [0.29, 0.717) is 16.5 Å². The van der Waals surface area contributed by atoms with Crippen molar-refractivity contribution < 1.29 is 19.4 Å². The highest BCUT2D eigenvalue weighted by molar-refractivity contribution is 8.00. The van der Waals surface area contributed by atoms with Gasteiger partial charge >= 0.3 is 4.87 Å². The SMILES string of the molecule is COc1cc([C@@H]2c3sc(=O)[nH]c3S[C@@H]3[C@H]4C[C@@H]([C@@H]5C(=O)N(c6ccc(Cl)cc6)C(=O)[C@@H]45)[C@H]23)ccc1O. The average Bonchev–Trinajstić information content (AvgIpc) is 3.59. The largest absolute Gasteiger partial charge is 0.504 e. The summed E-state index contributed by atoms with van der Waals surface area (Å²) in [5.74, 6) is -0.576. The van der Waals surface area contributed by atoms with E-state index in [2.05, 4.69) is 4.98 Å². The van der Waals surface area contributed by atoms with Crippen molar-refractivity contribution in [3.8, 4) is 11.5 Å². The number of halogens is 1. The van der Waals surface area contributed by atoms with E-state index < -0.39 is 0 Å². The molecule has 2 aliphatic heterocycles. The van der Waals surface area contributed by atoms with Crippen LogP contribution in [0.15, 0.2) is 52.3 Å². The summed E-state index contributed by atoms with van der Waals surface area (Å²) >= 11 is 8.89. The number of ether oxygens (including phenoxy) is 1. The molecule has 10 heteroatoms. The Bertz CT molecular complexity index is 1480. The lowest BCUT2D eigenvalue weighted by molar-refractivity contribution is -0.123. The van der Waals surface area contributed by atoms with E-state index in [1.54, 1.807) is 42.1 Å². The van der Waals surface area contributed by atoms with Crippen LogP contribution in [0, 0.1) is 29.6 Å². The van der Waals surface area contributed by atoms with Crippen LogP contribution in [0.2, 0.25) is 5.02 Å². The number of anilines is 1. The average molecular weight is 541 g/mol. The number of aromatic nitrogens is 1. The fourth-order valence-corrected chi connectivity index (χ4v) is 10.1. The van der Waals surface area contributed by atoms with Crippen molar-refractivity contribution in [2.45, 2.75) is 22.6 Å². The lowest BCUT2D eigenvalue weighted by Gasteiger charge is -2.43. The molecule has 2 bridgehead atoms. The van der Waals surface area contributed by atoms with Gasteiger partial charge in [0.2, 0.25) is 11.8 Å². The predicted molar refractivity (Wildman–Crippen MR) is 137 cm³/mol. The topological polar surface area (TPSA) is 99.7 Å². The Morgan fingerprint density at radius 1 is 1.06 bits per heavy atom. The number of thiazole rings is 1. The minimum Gasteiger partial charge on any atom is -0.504 e. The number of imide groups is 1. The normalized spacial score (nSPS) is 31.9. The molecule has 2 aliphatic carbocycles. The molecule has 3 aromatic rings. The molecule has 4 aliphatic rings. The summed E-state index contributed by atoms with van der Waals surface area (Å²) in [6.45, 7) is 0. The Morgan fingerprint density at radius 2 is 1.78 bits per heavy atom. The first-order valence-corrected chi connectivity index (χ1v) is 13.8. The van der Waals surface area contributed by atoms with Crippen LogP contribution >= 0.6 is 34.7 Å². The third kappa shape index (κ3) is 2.96. The molecule has 3 fully saturated rings. The maximum absolute atomic E-state index is 13.7. The number of carbonyl (C=O) groups is 2. The van der Waals surface area contributed by atoms with Crippen LogP contribution in [0.3, 0.4) is 0 Å². The third-order valence-electron chi connectivity index (χ3n) is 8.37. The number of phenolic OH excluding ortho intramolecular Hbond substituents is 1. The molecule has 0 unspecified atom stereocenters. The fourth-order valence-electron chi connectivity index (χ4n) is 7.12. The molecule has 3 heterocycles. The molecule has 1 saturated heterocycles. The number of benzene rings is 2. The van der Waals surface area contributed by atoms with Gasteiger partial charge in [-0.3, -0.25) is 19.3 Å². The zero-order chi connectivity index (χ0) is 24.9. The summed E-state index contributed by atoms with van der Waals surface area (Å²) < 4.78 is 5.38. The first-order valence-electron chi connectivity index (χ1n) is 11.8. The molecular weight excluding hydrogens is 520 g/mol. The van der Waals surface area contributed by atoms with Crippen molar-refractivity contribution in [1.29, 1.82) is 0 Å². The van der Waals surface area contributed by atoms with E-state index in [1.807, 2.05) is 12.1 Å². The van der Waals surface area contributed by atoms with Crippen molar-refractivity contribution in [2.75, 3.05) is 12.0 Å². The predicted octanol–water partition coefficient (Wildman–Crippen LogP) is 4.48. The summed E-state index contributed by atoms with van der Waals surface area (Å²) in [5.41, 5.74) is 1.49. The number of amides is 2. The monoisotopic (exact) mass is 540 g/mol. The molecule has 0 radical (unpaired) electrons. The van der Waals surface area contributed by atoms with Gasteiger partial charge in [-0.25, -0.2) is 0 Å². The molecule has 0 spiro atoms. The zero-order valence-electron chi connectivity index (χ0n) is 19.0. The van der Waals surface area contributed by atoms with Gasteiger partial charge < -0.3 is 14.8 Å². The Labute approximate surface area is 219 Å². The van der Waals surface area contributed by atoms with Gasteiger partial charge in [-0.15, -0.1) is 11.8 Å². The molecule has 7 rings (SSSR count). The van der Waals surface area contributed by atoms with Gasteiger partial charge in [0.15, 0.2) is 11.5 Å². The van der Waals surface area contributed by atoms with Crippen LogP contribution in [0.5, 0.6) is 11.5 Å². The second kappa shape index (κ2) is 7.87. The van der Waals surface area contributed by atoms with E-state index in [0.717, 1.165) is 21.9 Å². The highest BCUT2D eigenvalue weighted by Crippen LogP contribution is 2.68. The lowest BCUT2D eigenvalue weighted by atomic mass is 9.68. The number of carbonyl (C=O) groups excluding carboxylic acids is 2. The van der Waals surface area contributed by atoms with Gasteiger partial charge in [0.05, 0.1) is 29.7 Å². The second-order valence-electron chi connectivity index (χ2n) is 9.88. The number of methoxy groups -OCH3 is 1. The van der Waals surface area contributed by atoms with Crippen molar-refractivity contribution in [2.24, 2.45) is 29.6 Å². The van der Waals surface area contributed by atoms with Gasteiger partial charge in [0.1, 0.15) is 0 Å². The van der Waals surface area contributed by atoms with Crippen LogP contribution in [0.25, 0.3) is 0 Å². The maximum Gasteiger partial charge on any atom is 0.305 e. The van der Waals surface area contributed by atoms with Crippen molar-refractivity contribution in [3.05, 3.63) is 67.6 Å². The molecule has 36 heavy (non-hydrogen) atoms. The van der Waals surface area contributed by atoms with Crippen molar-refractivity contribution in [3.63, 3.8) is 0 Å². The highest BCUT2D eigenvalue weighted by atomic mass is 35.5. The zero-order valence-corrected chi connectivity index (χ0v) is 21.4. The molecule has 1 aromatic heterocycles. The van der Waals surface area contributed by atoms with Crippen LogP contribution in [0.1, 0.15) is 22.8 Å². The number of aromatic amines is 1. The second-order valence-corrected chi connectivity index (χ2v) is 12.5. The van der Waals surface area contributed by atoms with Crippen LogP contribution in [-0.4, -0.2) is 34.3 Å². The molecule has 7 atom stereocenters. The van der Waals surface area contributed by atoms with E-state index in [-0.39, 0.29) is 63.2 Å². The lowest BCUT2D eigenvalue weighted by Crippen LogP contribution is -2.42. The Hall–Kier alpha value is -2.75. The number of thioether (sulfide) groups is 1. The minimum absolute atomic E-state index is 0.0152. The summed E-state index contributed by atoms with van der Waals surface area (Å²) in [5, 5.41) is 11.7. The number of aromatic hydroxyl groups is 1. The van der Waals surface area contributed by atoms with E-state index >= 15 is 0 Å². The molecule has 2 saturated carbocycles. The standard InChI is InChI=1S/C26H21ClN2O5S2/c1-34-16-8-10(2-7-15(16)30)17-18-13-9-14(21(18)35-23-22(17)36-26(33)28-23)20-19(13)24(31)29(25(20)32)12-5-3-11(27)4-6-12/h2-8,13-14,17-21,30H,9H2,1H3,(H,28,33)/t13-,14+,17+,18-,19+,20+,21-/m1/s1. The Balaban J connectivity index is 1.33. The van der Waals surface area contributed by atoms with Gasteiger partial charge in [-0.2, -0.15) is 0 Å². The first-order chi connectivity index (χ1) is 17.4. The van der Waals surface area contributed by atoms with Crippen molar-refractivity contribution in [1.82, 2.24) is 4.98 Å². The number of phenols is 1. The highest BCUT2D eigenvalue weighted by Gasteiger charge is 2.69. The fraction of sp³-hybridized carbons (Fsp3) is 0.346. The molecule has 184 valence electrons. The number of hydrogen-bond acceptors (Lipinski definition) is 7. The summed E-state index contributed by atoms with van der Waals surface area (Å²) in [4.78, 5) is 45.0. The number of hydrogen-bond donors (Lipinski definition) is 2. The molecule has 2 aromatic carbocycles. The Kier molecular flexibility index (Phi) is 4.91. The van der Waals surface area contributed by atoms with Crippen LogP contribution in [0.4, 0.5) is 5.69 Å². The van der Waals surface area contributed by atoms with Gasteiger partial charge in [0.25, 0.3) is 0 Å². The maximum atomic E-state index is 13.7. The van der Waals surface area contributed by atoms with E-state index in [4.69, 9.17) is 16.3 Å². The Morgan fingerprint density at radius 3 is 2.50 bits per heavy atom. The molecule has 2 amide bonds. The minimum atomic E-state index is -0.376. The quantitative estimate of drug-likeness (QED) is 0.475. The molecular formula is C26H21ClN2O5S2. The summed E-state index contributed by atoms with van der Waals surface area (Å²) in [7, 11) is 1.51. The molecule has 7 nitrogen and oxygen atoms in total. The number of nitrogens with zero attached hydrogens (tertiary/aromatic N) is 1. The van der Waals surface area contributed by atoms with Gasteiger partial charge in [-0.05, 0) is 66.1 Å². The molecule has 2 N–H and O–H groups in total. The number of nitrogens with one attached hydrogen (secondary N) is 1. The van der Waals surface area contributed by atoms with Crippen LogP contribution in [-0.2, 0) is 9.59 Å². The third-order valence-corrected chi connectivity index (χ3v) is 11.2. The van der Waals surface area contributed by atoms with Crippen molar-refractivity contribution >= 4 is 52.2 Å². The van der Waals surface area contributed by atoms with Gasteiger partial charge in [0, 0.05) is 21.1 Å². The van der Waals surface area contributed by atoms with Gasteiger partial charge in [-0.1, -0.05) is 29.0 Å². The van der Waals surface area contributed by atoms with E-state index in [9.17, 15) is 19.5 Å². The van der Waals surface area contributed by atoms with Crippen LogP contribution < -0.4 is 14.5 Å². The number of H-pyrrole nitrogens is 1. The number of fused-ring (bicyclic) bond motifs is 9. The smallest absolute Gasteiger partial charge is 0.305 e. The number of rotatable bonds is 3. The first kappa shape index (κ1) is 22.4. The van der Waals surface area contributed by atoms with E-state index in [1.165, 1.54) is 23.3 Å². The summed E-state index contributed by atoms with van der Waals surface area (Å²) in [6.07, 6.45) is 0.814.